The average Bonchev–Trinajstić information content (AvgIpc) is 3.30. The van der Waals surface area contributed by atoms with Gasteiger partial charge in [0.05, 0.1) is 17.3 Å². The number of nitrogens with zero attached hydrogens (tertiary/aromatic N) is 4. The van der Waals surface area contributed by atoms with Gasteiger partial charge in [-0.25, -0.2) is 0 Å². The van der Waals surface area contributed by atoms with Crippen LogP contribution in [0.3, 0.4) is 0 Å². The number of carbonyl (C=O) groups excluding carboxylic acids is 1. The van der Waals surface area contributed by atoms with E-state index >= 15 is 0 Å². The van der Waals surface area contributed by atoms with E-state index in [1.807, 2.05) is 31.2 Å². The van der Waals surface area contributed by atoms with E-state index in [1.165, 1.54) is 0 Å². The third-order valence-electron chi connectivity index (χ3n) is 4.79. The smallest absolute Gasteiger partial charge is 0.308 e. The summed E-state index contributed by atoms with van der Waals surface area (Å²) < 4.78 is 42.2. The molecule has 4 rings (SSSR count). The second kappa shape index (κ2) is 7.79. The first-order chi connectivity index (χ1) is 14.2. The molecule has 0 aliphatic heterocycles. The molecule has 0 atom stereocenters. The lowest BCUT2D eigenvalue weighted by Crippen LogP contribution is -2.21. The molecule has 0 saturated heterocycles. The van der Waals surface area contributed by atoms with Gasteiger partial charge in [-0.3, -0.25) is 14.2 Å². The molecular formula is C20H19ClF3N5O. The summed E-state index contributed by atoms with van der Waals surface area (Å²) in [4.78, 5) is 12.4. The highest BCUT2D eigenvalue weighted by atomic mass is 35.5. The minimum atomic E-state index is -4.67. The Kier molecular flexibility index (Phi) is 5.31. The number of alkyl halides is 3. The number of benzene rings is 1. The Labute approximate surface area is 175 Å². The number of aryl methyl sites for hydroxylation is 1. The molecule has 3 aromatic rings. The highest BCUT2D eigenvalue weighted by molar-refractivity contribution is 6.32. The number of aromatic nitrogens is 4. The molecule has 0 spiro atoms. The molecule has 1 aliphatic rings. The van der Waals surface area contributed by atoms with Crippen LogP contribution in [0.25, 0.3) is 0 Å². The number of halogens is 4. The largest absolute Gasteiger partial charge is 0.436 e. The second-order valence-electron chi connectivity index (χ2n) is 7.41. The lowest BCUT2D eigenvalue weighted by atomic mass is 10.1. The van der Waals surface area contributed by atoms with Gasteiger partial charge in [0.2, 0.25) is 5.91 Å². The summed E-state index contributed by atoms with van der Waals surface area (Å²) >= 11 is 5.93. The zero-order valence-corrected chi connectivity index (χ0v) is 16.8. The van der Waals surface area contributed by atoms with E-state index in [1.54, 1.807) is 16.9 Å². The third kappa shape index (κ3) is 4.51. The number of hydrogen-bond donors (Lipinski definition) is 1. The van der Waals surface area contributed by atoms with E-state index in [9.17, 15) is 18.0 Å². The van der Waals surface area contributed by atoms with Crippen molar-refractivity contribution in [1.82, 2.24) is 19.6 Å². The van der Waals surface area contributed by atoms with E-state index in [0.717, 1.165) is 28.7 Å². The van der Waals surface area contributed by atoms with E-state index in [2.05, 4.69) is 15.5 Å². The molecular weight excluding hydrogens is 419 g/mol. The van der Waals surface area contributed by atoms with Gasteiger partial charge in [-0.05, 0) is 25.3 Å². The molecule has 1 aromatic carbocycles. The van der Waals surface area contributed by atoms with E-state index in [0.29, 0.717) is 12.4 Å². The molecule has 0 bridgehead atoms. The van der Waals surface area contributed by atoms with Crippen LogP contribution in [0.1, 0.15) is 41.3 Å². The predicted molar refractivity (Wildman–Crippen MR) is 105 cm³/mol. The van der Waals surface area contributed by atoms with Crippen molar-refractivity contribution in [2.45, 2.75) is 44.9 Å². The fraction of sp³-hybridized carbons (Fsp3) is 0.350. The van der Waals surface area contributed by atoms with Gasteiger partial charge < -0.3 is 5.32 Å². The first kappa shape index (κ1) is 20.5. The van der Waals surface area contributed by atoms with Crippen LogP contribution in [0.15, 0.2) is 36.5 Å². The van der Waals surface area contributed by atoms with E-state index in [4.69, 9.17) is 11.6 Å². The van der Waals surface area contributed by atoms with Crippen molar-refractivity contribution in [2.24, 2.45) is 0 Å². The highest BCUT2D eigenvalue weighted by Gasteiger charge is 2.42. The second-order valence-corrected chi connectivity index (χ2v) is 7.79. The first-order valence-corrected chi connectivity index (χ1v) is 9.81. The molecule has 1 amide bonds. The maximum atomic E-state index is 13.1. The third-order valence-corrected chi connectivity index (χ3v) is 5.17. The summed E-state index contributed by atoms with van der Waals surface area (Å²) in [6.07, 6.45) is -1.49. The summed E-state index contributed by atoms with van der Waals surface area (Å²) in [5.41, 5.74) is 1.32. The van der Waals surface area contributed by atoms with Crippen LogP contribution in [0, 0.1) is 6.92 Å². The van der Waals surface area contributed by atoms with Gasteiger partial charge in [-0.2, -0.15) is 23.4 Å². The Morgan fingerprint density at radius 2 is 2.03 bits per heavy atom. The number of rotatable bonds is 6. The van der Waals surface area contributed by atoms with Gasteiger partial charge >= 0.3 is 6.18 Å². The number of hydrogen-bond acceptors (Lipinski definition) is 3. The van der Waals surface area contributed by atoms with Gasteiger partial charge in [0.25, 0.3) is 0 Å². The quantitative estimate of drug-likeness (QED) is 0.611. The molecule has 1 aliphatic carbocycles. The summed E-state index contributed by atoms with van der Waals surface area (Å²) in [7, 11) is 0. The first-order valence-electron chi connectivity index (χ1n) is 9.43. The Morgan fingerprint density at radius 3 is 2.70 bits per heavy atom. The molecule has 2 aromatic heterocycles. The van der Waals surface area contributed by atoms with Crippen LogP contribution in [-0.4, -0.2) is 25.5 Å². The van der Waals surface area contributed by atoms with Crippen molar-refractivity contribution in [3.63, 3.8) is 0 Å². The van der Waals surface area contributed by atoms with Crippen molar-refractivity contribution >= 4 is 23.3 Å². The van der Waals surface area contributed by atoms with Crippen LogP contribution >= 0.6 is 11.6 Å². The Bertz CT molecular complexity index is 1080. The molecule has 10 heteroatoms. The SMILES string of the molecule is Cc1cccc(Cn2ccc(NC(=O)Cn3nc(C(F)(F)F)c(Cl)c3C3CC3)n2)c1. The van der Waals surface area contributed by atoms with Crippen LogP contribution in [-0.2, 0) is 24.1 Å². The fourth-order valence-corrected chi connectivity index (χ4v) is 3.73. The van der Waals surface area contributed by atoms with Gasteiger partial charge in [0, 0.05) is 18.2 Å². The molecule has 0 unspecified atom stereocenters. The standard InChI is InChI=1S/C20H19ClF3N5O/c1-12-3-2-4-13(9-12)10-28-8-7-15(26-28)25-16(30)11-29-18(14-5-6-14)17(21)19(27-29)20(22,23)24/h2-4,7-9,14H,5-6,10-11H2,1H3,(H,25,26,30). The van der Waals surface area contributed by atoms with Crippen LogP contribution in [0.2, 0.25) is 5.02 Å². The summed E-state index contributed by atoms with van der Waals surface area (Å²) in [6, 6.07) is 9.61. The number of anilines is 1. The lowest BCUT2D eigenvalue weighted by molar-refractivity contribution is -0.141. The summed E-state index contributed by atoms with van der Waals surface area (Å²) in [6.45, 7) is 2.17. The summed E-state index contributed by atoms with van der Waals surface area (Å²) in [5, 5.41) is 10.1. The minimum absolute atomic E-state index is 0.0950. The lowest BCUT2D eigenvalue weighted by Gasteiger charge is -2.07. The number of nitrogens with one attached hydrogen (secondary N) is 1. The Balaban J connectivity index is 1.45. The van der Waals surface area contributed by atoms with E-state index in [-0.39, 0.29) is 18.2 Å². The predicted octanol–water partition coefficient (Wildman–Crippen LogP) is 4.62. The Morgan fingerprint density at radius 1 is 1.27 bits per heavy atom. The highest BCUT2D eigenvalue weighted by Crippen LogP contribution is 2.46. The minimum Gasteiger partial charge on any atom is -0.308 e. The molecule has 1 saturated carbocycles. The topological polar surface area (TPSA) is 64.7 Å². The van der Waals surface area contributed by atoms with Crippen molar-refractivity contribution in [3.05, 3.63) is 64.1 Å². The van der Waals surface area contributed by atoms with Gasteiger partial charge in [0.1, 0.15) is 6.54 Å². The van der Waals surface area contributed by atoms with Gasteiger partial charge in [0.15, 0.2) is 11.5 Å². The zero-order chi connectivity index (χ0) is 21.5. The molecule has 0 radical (unpaired) electrons. The number of carbonyl (C=O) groups is 1. The van der Waals surface area contributed by atoms with Gasteiger partial charge in [-0.15, -0.1) is 0 Å². The van der Waals surface area contributed by atoms with E-state index < -0.39 is 22.8 Å². The zero-order valence-electron chi connectivity index (χ0n) is 16.1. The fourth-order valence-electron chi connectivity index (χ4n) is 3.33. The van der Waals surface area contributed by atoms with Crippen LogP contribution in [0.5, 0.6) is 0 Å². The molecule has 158 valence electrons. The molecule has 30 heavy (non-hydrogen) atoms. The van der Waals surface area contributed by atoms with Crippen molar-refractivity contribution in [1.29, 1.82) is 0 Å². The molecule has 1 fully saturated rings. The normalized spacial score (nSPS) is 14.2. The number of amides is 1. The van der Waals surface area contributed by atoms with Crippen molar-refractivity contribution < 1.29 is 18.0 Å². The van der Waals surface area contributed by atoms with Gasteiger partial charge in [-0.1, -0.05) is 41.4 Å². The molecule has 2 heterocycles. The average molecular weight is 438 g/mol. The van der Waals surface area contributed by atoms with Crippen LogP contribution < -0.4 is 5.32 Å². The Hall–Kier alpha value is -2.81. The molecule has 1 N–H and O–H groups in total. The summed E-state index contributed by atoms with van der Waals surface area (Å²) in [5.74, 6) is -0.303. The van der Waals surface area contributed by atoms with Crippen molar-refractivity contribution in [2.75, 3.05) is 5.32 Å². The van der Waals surface area contributed by atoms with Crippen LogP contribution in [0.4, 0.5) is 19.0 Å². The maximum absolute atomic E-state index is 13.1. The van der Waals surface area contributed by atoms with Crippen molar-refractivity contribution in [3.8, 4) is 0 Å². The molecule has 6 nitrogen and oxygen atoms in total. The monoisotopic (exact) mass is 437 g/mol. The maximum Gasteiger partial charge on any atom is 0.436 e.